The van der Waals surface area contributed by atoms with E-state index in [1.165, 1.54) is 6.07 Å². The molecule has 0 aliphatic carbocycles. The number of aromatic nitrogens is 4. The molecule has 3 aromatic rings. The van der Waals surface area contributed by atoms with Crippen LogP contribution in [0.3, 0.4) is 0 Å². The maximum Gasteiger partial charge on any atom is 0.258 e. The monoisotopic (exact) mass is 257 g/mol. The molecule has 0 aliphatic heterocycles. The van der Waals surface area contributed by atoms with Crippen LogP contribution in [0.4, 0.5) is 5.69 Å². The van der Waals surface area contributed by atoms with Crippen molar-refractivity contribution in [2.24, 2.45) is 7.05 Å². The second-order valence-corrected chi connectivity index (χ2v) is 4.09. The molecule has 0 spiro atoms. The second kappa shape index (κ2) is 4.13. The van der Waals surface area contributed by atoms with E-state index in [-0.39, 0.29) is 5.75 Å². The number of phenols is 1. The summed E-state index contributed by atoms with van der Waals surface area (Å²) in [4.78, 5) is 8.25. The van der Waals surface area contributed by atoms with Crippen molar-refractivity contribution in [1.82, 2.24) is 19.7 Å². The smallest absolute Gasteiger partial charge is 0.258 e. The molecule has 0 bridgehead atoms. The lowest BCUT2D eigenvalue weighted by atomic mass is 10.2. The van der Waals surface area contributed by atoms with E-state index in [4.69, 9.17) is 10.3 Å². The Morgan fingerprint density at radius 1 is 1.37 bits per heavy atom. The number of hydrogen-bond donors (Lipinski definition) is 2. The summed E-state index contributed by atoms with van der Waals surface area (Å²) in [5.74, 6) is 0.732. The van der Waals surface area contributed by atoms with Crippen molar-refractivity contribution in [3.8, 4) is 28.7 Å². The van der Waals surface area contributed by atoms with Gasteiger partial charge in [-0.2, -0.15) is 4.98 Å². The number of rotatable bonds is 2. The molecular weight excluding hydrogens is 246 g/mol. The van der Waals surface area contributed by atoms with Crippen LogP contribution in [0.15, 0.2) is 35.2 Å². The summed E-state index contributed by atoms with van der Waals surface area (Å²) in [7, 11) is 1.84. The SMILES string of the molecule is Cn1cncc1-c1noc(-c2ccc(N)c(O)c2)n1. The first-order valence-electron chi connectivity index (χ1n) is 5.54. The Morgan fingerprint density at radius 2 is 2.21 bits per heavy atom. The van der Waals surface area contributed by atoms with Gasteiger partial charge in [-0.3, -0.25) is 0 Å². The van der Waals surface area contributed by atoms with E-state index in [1.54, 1.807) is 29.2 Å². The molecule has 0 saturated heterocycles. The third-order valence-electron chi connectivity index (χ3n) is 2.75. The topological polar surface area (TPSA) is 103 Å². The van der Waals surface area contributed by atoms with Crippen molar-refractivity contribution < 1.29 is 9.63 Å². The molecule has 0 aliphatic rings. The number of benzene rings is 1. The second-order valence-electron chi connectivity index (χ2n) is 4.09. The molecule has 2 heterocycles. The summed E-state index contributed by atoms with van der Waals surface area (Å²) < 4.78 is 6.96. The molecule has 2 aromatic heterocycles. The minimum atomic E-state index is -0.0159. The normalized spacial score (nSPS) is 10.8. The molecule has 7 nitrogen and oxygen atoms in total. The van der Waals surface area contributed by atoms with Crippen molar-refractivity contribution in [1.29, 1.82) is 0 Å². The van der Waals surface area contributed by atoms with Crippen LogP contribution in [0.25, 0.3) is 23.0 Å². The Bertz CT molecular complexity index is 731. The fraction of sp³-hybridized carbons (Fsp3) is 0.0833. The predicted molar refractivity (Wildman–Crippen MR) is 68.0 cm³/mol. The van der Waals surface area contributed by atoms with Crippen LogP contribution in [0.5, 0.6) is 5.75 Å². The fourth-order valence-corrected chi connectivity index (χ4v) is 1.69. The molecule has 0 amide bonds. The summed E-state index contributed by atoms with van der Waals surface area (Å²) in [5, 5.41) is 13.5. The lowest BCUT2D eigenvalue weighted by Gasteiger charge is -1.99. The average Bonchev–Trinajstić information content (AvgIpc) is 3.01. The maximum atomic E-state index is 9.57. The molecule has 7 heteroatoms. The van der Waals surface area contributed by atoms with E-state index in [2.05, 4.69) is 15.1 Å². The third-order valence-corrected chi connectivity index (χ3v) is 2.75. The zero-order valence-corrected chi connectivity index (χ0v) is 10.1. The molecule has 19 heavy (non-hydrogen) atoms. The summed E-state index contributed by atoms with van der Waals surface area (Å²) in [6.07, 6.45) is 3.30. The Labute approximate surface area is 108 Å². The maximum absolute atomic E-state index is 9.57. The van der Waals surface area contributed by atoms with Gasteiger partial charge in [0.1, 0.15) is 11.4 Å². The number of aryl methyl sites for hydroxylation is 1. The Balaban J connectivity index is 2.01. The molecule has 0 fully saturated rings. The molecule has 0 saturated carbocycles. The van der Waals surface area contributed by atoms with Crippen molar-refractivity contribution in [3.05, 3.63) is 30.7 Å². The highest BCUT2D eigenvalue weighted by atomic mass is 16.5. The van der Waals surface area contributed by atoms with Gasteiger partial charge in [0.15, 0.2) is 0 Å². The van der Waals surface area contributed by atoms with E-state index in [1.807, 2.05) is 7.05 Å². The van der Waals surface area contributed by atoms with E-state index >= 15 is 0 Å². The molecule has 0 unspecified atom stereocenters. The fourth-order valence-electron chi connectivity index (χ4n) is 1.69. The highest BCUT2D eigenvalue weighted by molar-refractivity contribution is 5.65. The van der Waals surface area contributed by atoms with Gasteiger partial charge < -0.3 is 19.9 Å². The van der Waals surface area contributed by atoms with Crippen molar-refractivity contribution in [3.63, 3.8) is 0 Å². The first kappa shape index (κ1) is 11.3. The molecular formula is C12H11N5O2. The Hall–Kier alpha value is -2.83. The molecule has 0 atom stereocenters. The van der Waals surface area contributed by atoms with Crippen LogP contribution in [0, 0.1) is 0 Å². The van der Waals surface area contributed by atoms with Gasteiger partial charge >= 0.3 is 0 Å². The number of nitrogens with zero attached hydrogens (tertiary/aromatic N) is 4. The summed E-state index contributed by atoms with van der Waals surface area (Å²) in [5.41, 5.74) is 7.19. The van der Waals surface area contributed by atoms with Crippen LogP contribution in [-0.2, 0) is 7.05 Å². The van der Waals surface area contributed by atoms with Gasteiger partial charge in [-0.1, -0.05) is 5.16 Å². The van der Waals surface area contributed by atoms with Gasteiger partial charge in [0.05, 0.1) is 18.2 Å². The van der Waals surface area contributed by atoms with Gasteiger partial charge in [-0.05, 0) is 18.2 Å². The summed E-state index contributed by atoms with van der Waals surface area (Å²) in [6.45, 7) is 0. The quantitative estimate of drug-likeness (QED) is 0.531. The molecule has 96 valence electrons. The van der Waals surface area contributed by atoms with Crippen LogP contribution in [-0.4, -0.2) is 24.8 Å². The van der Waals surface area contributed by atoms with Gasteiger partial charge in [-0.25, -0.2) is 4.98 Å². The van der Waals surface area contributed by atoms with Gasteiger partial charge in [0, 0.05) is 12.6 Å². The molecule has 1 aromatic carbocycles. The number of hydrogen-bond acceptors (Lipinski definition) is 6. The lowest BCUT2D eigenvalue weighted by molar-refractivity contribution is 0.431. The third kappa shape index (κ3) is 1.90. The summed E-state index contributed by atoms with van der Waals surface area (Å²) in [6, 6.07) is 4.77. The van der Waals surface area contributed by atoms with E-state index in [0.29, 0.717) is 23.0 Å². The van der Waals surface area contributed by atoms with Crippen LogP contribution >= 0.6 is 0 Å². The minimum Gasteiger partial charge on any atom is -0.506 e. The van der Waals surface area contributed by atoms with Gasteiger partial charge in [0.25, 0.3) is 5.89 Å². The van der Waals surface area contributed by atoms with Crippen LogP contribution in [0.2, 0.25) is 0 Å². The van der Waals surface area contributed by atoms with Crippen LogP contribution < -0.4 is 5.73 Å². The lowest BCUT2D eigenvalue weighted by Crippen LogP contribution is -1.90. The highest BCUT2D eigenvalue weighted by Gasteiger charge is 2.13. The molecule has 3 rings (SSSR count). The first-order valence-corrected chi connectivity index (χ1v) is 5.54. The first-order chi connectivity index (χ1) is 9.15. The van der Waals surface area contributed by atoms with Crippen molar-refractivity contribution in [2.75, 3.05) is 5.73 Å². The number of imidazole rings is 1. The summed E-state index contributed by atoms with van der Waals surface area (Å²) >= 11 is 0. The molecule has 3 N–H and O–H groups in total. The van der Waals surface area contributed by atoms with E-state index in [9.17, 15) is 5.11 Å². The Morgan fingerprint density at radius 3 is 2.89 bits per heavy atom. The largest absolute Gasteiger partial charge is 0.506 e. The number of nitrogens with two attached hydrogens (primary N) is 1. The number of anilines is 1. The standard InChI is InChI=1S/C12H11N5O2/c1-17-6-14-5-9(17)11-15-12(19-16-11)7-2-3-8(13)10(18)4-7/h2-6,18H,13H2,1H3. The number of phenolic OH excluding ortho intramolecular Hbond substituents is 1. The van der Waals surface area contributed by atoms with E-state index in [0.717, 1.165) is 5.69 Å². The highest BCUT2D eigenvalue weighted by Crippen LogP contribution is 2.28. The Kier molecular flexibility index (Phi) is 2.45. The molecule has 0 radical (unpaired) electrons. The van der Waals surface area contributed by atoms with Gasteiger partial charge in [-0.15, -0.1) is 0 Å². The average molecular weight is 257 g/mol. The zero-order chi connectivity index (χ0) is 13.4. The number of nitrogen functional groups attached to an aromatic ring is 1. The number of aromatic hydroxyl groups is 1. The van der Waals surface area contributed by atoms with Crippen molar-refractivity contribution in [2.45, 2.75) is 0 Å². The zero-order valence-electron chi connectivity index (χ0n) is 10.1. The van der Waals surface area contributed by atoms with Gasteiger partial charge in [0.2, 0.25) is 5.82 Å². The predicted octanol–water partition coefficient (Wildman–Crippen LogP) is 1.42. The minimum absolute atomic E-state index is 0.0159. The van der Waals surface area contributed by atoms with E-state index < -0.39 is 0 Å². The van der Waals surface area contributed by atoms with Crippen LogP contribution in [0.1, 0.15) is 0 Å². The van der Waals surface area contributed by atoms with Crippen molar-refractivity contribution >= 4 is 5.69 Å².